The van der Waals surface area contributed by atoms with Gasteiger partial charge in [-0.1, -0.05) is 42.5 Å². The molecule has 0 aliphatic carbocycles. The standard InChI is InChI=1S/C24H27N3O2/c1-18(2)29-22-13-7-6-12-21(22)27-24(28)20-14-16-26-23(17-20)25-15-8-11-19-9-4-3-5-10-19/h3-7,9-10,12-14,16-18H,8,11,15H2,1-2H3,(H,25,26)(H,27,28). The smallest absolute Gasteiger partial charge is 0.255 e. The SMILES string of the molecule is CC(C)Oc1ccccc1NC(=O)c1ccnc(NCCCc2ccccc2)c1. The summed E-state index contributed by atoms with van der Waals surface area (Å²) < 4.78 is 5.77. The topological polar surface area (TPSA) is 63.2 Å². The molecule has 0 radical (unpaired) electrons. The summed E-state index contributed by atoms with van der Waals surface area (Å²) in [5.74, 6) is 1.15. The van der Waals surface area contributed by atoms with Gasteiger partial charge in [0.25, 0.3) is 5.91 Å². The van der Waals surface area contributed by atoms with Crippen molar-refractivity contribution in [2.75, 3.05) is 17.2 Å². The number of aromatic nitrogens is 1. The summed E-state index contributed by atoms with van der Waals surface area (Å²) in [6, 6.07) is 21.3. The van der Waals surface area contributed by atoms with E-state index >= 15 is 0 Å². The molecule has 29 heavy (non-hydrogen) atoms. The summed E-state index contributed by atoms with van der Waals surface area (Å²) in [7, 11) is 0. The highest BCUT2D eigenvalue weighted by molar-refractivity contribution is 6.05. The fourth-order valence-electron chi connectivity index (χ4n) is 2.94. The number of ether oxygens (including phenoxy) is 1. The third-order valence-corrected chi connectivity index (χ3v) is 4.31. The van der Waals surface area contributed by atoms with E-state index in [0.717, 1.165) is 19.4 Å². The number of carbonyl (C=O) groups is 1. The molecule has 0 spiro atoms. The number of benzene rings is 2. The van der Waals surface area contributed by atoms with Crippen molar-refractivity contribution in [3.8, 4) is 5.75 Å². The lowest BCUT2D eigenvalue weighted by Crippen LogP contribution is -2.15. The summed E-state index contributed by atoms with van der Waals surface area (Å²) in [5.41, 5.74) is 2.52. The van der Waals surface area contributed by atoms with Crippen LogP contribution in [0.4, 0.5) is 11.5 Å². The van der Waals surface area contributed by atoms with Gasteiger partial charge in [0.15, 0.2) is 0 Å². The van der Waals surface area contributed by atoms with E-state index in [1.54, 1.807) is 18.3 Å². The Morgan fingerprint density at radius 2 is 1.79 bits per heavy atom. The van der Waals surface area contributed by atoms with E-state index in [1.807, 2.05) is 44.2 Å². The average Bonchev–Trinajstić information content (AvgIpc) is 2.73. The second-order valence-electron chi connectivity index (χ2n) is 7.06. The molecule has 0 atom stereocenters. The van der Waals surface area contributed by atoms with Gasteiger partial charge in [-0.3, -0.25) is 4.79 Å². The zero-order valence-electron chi connectivity index (χ0n) is 16.9. The Hall–Kier alpha value is -3.34. The molecule has 5 nitrogen and oxygen atoms in total. The van der Waals surface area contributed by atoms with Crippen molar-refractivity contribution in [3.63, 3.8) is 0 Å². The molecule has 0 unspecified atom stereocenters. The Kier molecular flexibility index (Phi) is 7.22. The monoisotopic (exact) mass is 389 g/mol. The zero-order valence-corrected chi connectivity index (χ0v) is 16.9. The van der Waals surface area contributed by atoms with Gasteiger partial charge in [-0.15, -0.1) is 0 Å². The molecule has 0 saturated heterocycles. The molecule has 1 heterocycles. The number of nitrogens with one attached hydrogen (secondary N) is 2. The second kappa shape index (κ2) is 10.3. The molecule has 3 aromatic rings. The van der Waals surface area contributed by atoms with Gasteiger partial charge in [0.1, 0.15) is 11.6 Å². The maximum Gasteiger partial charge on any atom is 0.255 e. The maximum atomic E-state index is 12.7. The highest BCUT2D eigenvalue weighted by Crippen LogP contribution is 2.25. The largest absolute Gasteiger partial charge is 0.489 e. The minimum atomic E-state index is -0.195. The molecule has 150 valence electrons. The van der Waals surface area contributed by atoms with Crippen molar-refractivity contribution in [1.82, 2.24) is 4.98 Å². The number of anilines is 2. The van der Waals surface area contributed by atoms with Crippen LogP contribution >= 0.6 is 0 Å². The van der Waals surface area contributed by atoms with Crippen molar-refractivity contribution in [3.05, 3.63) is 84.1 Å². The molecule has 0 saturated carbocycles. The van der Waals surface area contributed by atoms with Crippen LogP contribution in [0, 0.1) is 0 Å². The van der Waals surface area contributed by atoms with Crippen molar-refractivity contribution >= 4 is 17.4 Å². The number of para-hydroxylation sites is 2. The van der Waals surface area contributed by atoms with Crippen LogP contribution in [0.5, 0.6) is 5.75 Å². The van der Waals surface area contributed by atoms with E-state index in [4.69, 9.17) is 4.74 Å². The first-order valence-electron chi connectivity index (χ1n) is 9.92. The number of hydrogen-bond donors (Lipinski definition) is 2. The molecule has 0 fully saturated rings. The maximum absolute atomic E-state index is 12.7. The molecular weight excluding hydrogens is 362 g/mol. The van der Waals surface area contributed by atoms with Crippen molar-refractivity contribution in [2.45, 2.75) is 32.8 Å². The Labute approximate surface area is 172 Å². The van der Waals surface area contributed by atoms with Crippen LogP contribution < -0.4 is 15.4 Å². The van der Waals surface area contributed by atoms with E-state index in [1.165, 1.54) is 5.56 Å². The van der Waals surface area contributed by atoms with Gasteiger partial charge in [0, 0.05) is 18.3 Å². The second-order valence-corrected chi connectivity index (χ2v) is 7.06. The highest BCUT2D eigenvalue weighted by atomic mass is 16.5. The van der Waals surface area contributed by atoms with Crippen LogP contribution in [-0.4, -0.2) is 23.5 Å². The average molecular weight is 389 g/mol. The number of carbonyl (C=O) groups excluding carboxylic acids is 1. The molecule has 3 rings (SSSR count). The van der Waals surface area contributed by atoms with Crippen LogP contribution in [0.1, 0.15) is 36.2 Å². The lowest BCUT2D eigenvalue weighted by Gasteiger charge is -2.15. The first-order chi connectivity index (χ1) is 14.1. The van der Waals surface area contributed by atoms with Gasteiger partial charge in [-0.25, -0.2) is 4.98 Å². The lowest BCUT2D eigenvalue weighted by atomic mass is 10.1. The van der Waals surface area contributed by atoms with Crippen LogP contribution in [0.3, 0.4) is 0 Å². The summed E-state index contributed by atoms with van der Waals surface area (Å²) in [6.07, 6.45) is 3.66. The Morgan fingerprint density at radius 3 is 2.59 bits per heavy atom. The van der Waals surface area contributed by atoms with Crippen LogP contribution in [-0.2, 0) is 6.42 Å². The highest BCUT2D eigenvalue weighted by Gasteiger charge is 2.11. The summed E-state index contributed by atoms with van der Waals surface area (Å²) >= 11 is 0. The van der Waals surface area contributed by atoms with Crippen LogP contribution in [0.2, 0.25) is 0 Å². The summed E-state index contributed by atoms with van der Waals surface area (Å²) in [6.45, 7) is 4.70. The number of nitrogens with zero attached hydrogens (tertiary/aromatic N) is 1. The van der Waals surface area contributed by atoms with Gasteiger partial charge in [-0.2, -0.15) is 0 Å². The zero-order chi connectivity index (χ0) is 20.5. The van der Waals surface area contributed by atoms with Crippen molar-refractivity contribution in [2.24, 2.45) is 0 Å². The summed E-state index contributed by atoms with van der Waals surface area (Å²) in [4.78, 5) is 17.0. The number of hydrogen-bond acceptors (Lipinski definition) is 4. The third-order valence-electron chi connectivity index (χ3n) is 4.31. The van der Waals surface area contributed by atoms with E-state index in [2.05, 4.69) is 39.9 Å². The van der Waals surface area contributed by atoms with Crippen molar-refractivity contribution in [1.29, 1.82) is 0 Å². The molecule has 1 amide bonds. The first-order valence-corrected chi connectivity index (χ1v) is 9.92. The molecule has 1 aromatic heterocycles. The van der Waals surface area contributed by atoms with Crippen molar-refractivity contribution < 1.29 is 9.53 Å². The number of amides is 1. The predicted octanol–water partition coefficient (Wildman–Crippen LogP) is 5.17. The van der Waals surface area contributed by atoms with E-state index in [-0.39, 0.29) is 12.0 Å². The van der Waals surface area contributed by atoms with Gasteiger partial charge < -0.3 is 15.4 Å². The fraction of sp³-hybridized carbons (Fsp3) is 0.250. The quantitative estimate of drug-likeness (QED) is 0.496. The van der Waals surface area contributed by atoms with Gasteiger partial charge in [0.05, 0.1) is 11.8 Å². The van der Waals surface area contributed by atoms with Gasteiger partial charge in [0.2, 0.25) is 0 Å². The molecule has 2 N–H and O–H groups in total. The third kappa shape index (κ3) is 6.35. The van der Waals surface area contributed by atoms with E-state index < -0.39 is 0 Å². The number of pyridine rings is 1. The Morgan fingerprint density at radius 1 is 1.03 bits per heavy atom. The van der Waals surface area contributed by atoms with E-state index in [0.29, 0.717) is 22.8 Å². The molecular formula is C24H27N3O2. The van der Waals surface area contributed by atoms with E-state index in [9.17, 15) is 4.79 Å². The number of aryl methyl sites for hydroxylation is 1. The molecule has 0 bridgehead atoms. The Bertz CT molecular complexity index is 926. The predicted molar refractivity (Wildman–Crippen MR) is 118 cm³/mol. The van der Waals surface area contributed by atoms with Gasteiger partial charge in [-0.05, 0) is 56.5 Å². The molecule has 0 aliphatic rings. The van der Waals surface area contributed by atoms with Crippen LogP contribution in [0.15, 0.2) is 72.9 Å². The lowest BCUT2D eigenvalue weighted by molar-refractivity contribution is 0.102. The minimum absolute atomic E-state index is 0.0284. The molecule has 5 heteroatoms. The van der Waals surface area contributed by atoms with Crippen LogP contribution in [0.25, 0.3) is 0 Å². The Balaban J connectivity index is 1.57. The number of rotatable bonds is 9. The summed E-state index contributed by atoms with van der Waals surface area (Å²) in [5, 5.41) is 6.22. The van der Waals surface area contributed by atoms with Gasteiger partial charge >= 0.3 is 0 Å². The minimum Gasteiger partial charge on any atom is -0.489 e. The normalized spacial score (nSPS) is 10.6. The molecule has 0 aliphatic heterocycles. The first kappa shape index (κ1) is 20.4. The fourth-order valence-corrected chi connectivity index (χ4v) is 2.94. The molecule has 2 aromatic carbocycles.